The van der Waals surface area contributed by atoms with Gasteiger partial charge in [-0.05, 0) is 11.5 Å². The Balaban J connectivity index is 2.75. The smallest absolute Gasteiger partial charge is 0.246 e. The third kappa shape index (κ3) is 2.33. The van der Waals surface area contributed by atoms with E-state index in [1.54, 1.807) is 12.4 Å². The van der Waals surface area contributed by atoms with Gasteiger partial charge < -0.3 is 0 Å². The number of carbonyl (C=O) groups is 1. The highest BCUT2D eigenvalue weighted by Crippen LogP contribution is 2.23. The summed E-state index contributed by atoms with van der Waals surface area (Å²) >= 11 is 0. The van der Waals surface area contributed by atoms with E-state index in [9.17, 15) is 4.79 Å². The Labute approximate surface area is 83.7 Å². The van der Waals surface area contributed by atoms with Crippen LogP contribution in [0.15, 0.2) is 30.3 Å². The Morgan fingerprint density at radius 1 is 1.29 bits per heavy atom. The molecule has 0 radical (unpaired) electrons. The second-order valence-corrected chi connectivity index (χ2v) is 3.46. The average Bonchev–Trinajstić information content (AvgIpc) is 2.27. The zero-order valence-corrected chi connectivity index (χ0v) is 8.40. The largest absolute Gasteiger partial charge is 0.289 e. The first-order valence-corrected chi connectivity index (χ1v) is 4.65. The number of benzene rings is 1. The summed E-state index contributed by atoms with van der Waals surface area (Å²) in [6, 6.07) is 9.77. The van der Waals surface area contributed by atoms with Crippen LogP contribution in [0.5, 0.6) is 0 Å². The molecule has 2 N–H and O–H groups in total. The topological polar surface area (TPSA) is 49.3 Å². The van der Waals surface area contributed by atoms with E-state index in [2.05, 4.69) is 0 Å². The average molecular weight is 193 g/mol. The summed E-state index contributed by atoms with van der Waals surface area (Å²) < 4.78 is 0. The van der Waals surface area contributed by atoms with Crippen molar-refractivity contribution in [1.29, 1.82) is 0 Å². The van der Waals surface area contributed by atoms with E-state index in [4.69, 9.17) is 5.21 Å². The van der Waals surface area contributed by atoms with Crippen LogP contribution < -0.4 is 5.48 Å². The van der Waals surface area contributed by atoms with Crippen molar-refractivity contribution in [2.75, 3.05) is 0 Å². The second-order valence-electron chi connectivity index (χ2n) is 3.46. The predicted molar refractivity (Wildman–Crippen MR) is 54.0 cm³/mol. The minimum Gasteiger partial charge on any atom is -0.289 e. The van der Waals surface area contributed by atoms with Gasteiger partial charge in [0.05, 0.1) is 0 Å². The van der Waals surface area contributed by atoms with Crippen molar-refractivity contribution < 1.29 is 10.0 Å². The highest BCUT2D eigenvalue weighted by molar-refractivity contribution is 5.78. The van der Waals surface area contributed by atoms with E-state index >= 15 is 0 Å². The summed E-state index contributed by atoms with van der Waals surface area (Å²) in [5.74, 6) is -0.480. The molecule has 1 rings (SSSR count). The molecule has 0 aliphatic carbocycles. The Morgan fingerprint density at radius 3 is 2.36 bits per heavy atom. The predicted octanol–water partition coefficient (Wildman–Crippen LogP) is 1.93. The number of rotatable bonds is 3. The zero-order valence-electron chi connectivity index (χ0n) is 8.40. The van der Waals surface area contributed by atoms with Crippen molar-refractivity contribution >= 4 is 5.91 Å². The van der Waals surface area contributed by atoms with E-state index < -0.39 is 0 Å². The molecule has 14 heavy (non-hydrogen) atoms. The molecule has 1 aromatic rings. The number of carbonyl (C=O) groups excluding carboxylic acids is 1. The number of nitrogens with one attached hydrogen (secondary N) is 1. The van der Waals surface area contributed by atoms with Gasteiger partial charge in [0, 0.05) is 5.92 Å². The van der Waals surface area contributed by atoms with Crippen LogP contribution in [0, 0.1) is 5.92 Å². The summed E-state index contributed by atoms with van der Waals surface area (Å²) in [5, 5.41) is 8.50. The molecular formula is C11H15NO2. The molecule has 1 amide bonds. The third-order valence-electron chi connectivity index (χ3n) is 2.60. The molecule has 0 saturated carbocycles. The quantitative estimate of drug-likeness (QED) is 0.569. The fraction of sp³-hybridized carbons (Fsp3) is 0.364. The van der Waals surface area contributed by atoms with Gasteiger partial charge in [0.15, 0.2) is 0 Å². The van der Waals surface area contributed by atoms with E-state index in [1.807, 2.05) is 37.3 Å². The molecule has 2 atom stereocenters. The summed E-state index contributed by atoms with van der Waals surface area (Å²) in [6.07, 6.45) is 0. The van der Waals surface area contributed by atoms with Crippen LogP contribution in [0.2, 0.25) is 0 Å². The molecule has 0 heterocycles. The van der Waals surface area contributed by atoms with Crippen LogP contribution >= 0.6 is 0 Å². The van der Waals surface area contributed by atoms with Crippen LogP contribution in [0.25, 0.3) is 0 Å². The Hall–Kier alpha value is -1.35. The molecule has 0 bridgehead atoms. The Bertz CT molecular complexity index is 297. The standard InChI is InChI=1S/C11H15NO2/c1-8(9(2)11(13)12-14)10-6-4-3-5-7-10/h3-9,14H,1-2H3,(H,12,13). The van der Waals surface area contributed by atoms with Crippen LogP contribution in [0.1, 0.15) is 25.3 Å². The van der Waals surface area contributed by atoms with E-state index in [1.165, 1.54) is 0 Å². The Morgan fingerprint density at radius 2 is 1.86 bits per heavy atom. The number of hydrogen-bond acceptors (Lipinski definition) is 2. The van der Waals surface area contributed by atoms with Crippen molar-refractivity contribution in [3.05, 3.63) is 35.9 Å². The highest BCUT2D eigenvalue weighted by atomic mass is 16.5. The van der Waals surface area contributed by atoms with Crippen LogP contribution in [-0.4, -0.2) is 11.1 Å². The van der Waals surface area contributed by atoms with Crippen molar-refractivity contribution in [3.8, 4) is 0 Å². The summed E-state index contributed by atoms with van der Waals surface area (Å²) in [5.41, 5.74) is 2.78. The second kappa shape index (κ2) is 4.77. The molecule has 1 aromatic carbocycles. The van der Waals surface area contributed by atoms with Gasteiger partial charge in [-0.1, -0.05) is 44.2 Å². The maximum Gasteiger partial charge on any atom is 0.246 e. The van der Waals surface area contributed by atoms with Crippen LogP contribution in [-0.2, 0) is 4.79 Å². The van der Waals surface area contributed by atoms with Gasteiger partial charge in [-0.25, -0.2) is 5.48 Å². The first-order valence-electron chi connectivity index (χ1n) is 4.65. The zero-order chi connectivity index (χ0) is 10.6. The number of hydroxylamine groups is 1. The molecule has 76 valence electrons. The van der Waals surface area contributed by atoms with Crippen LogP contribution in [0.3, 0.4) is 0 Å². The lowest BCUT2D eigenvalue weighted by Gasteiger charge is -2.17. The lowest BCUT2D eigenvalue weighted by Crippen LogP contribution is -2.29. The van der Waals surface area contributed by atoms with Crippen molar-refractivity contribution in [2.45, 2.75) is 19.8 Å². The van der Waals surface area contributed by atoms with Crippen molar-refractivity contribution in [1.82, 2.24) is 5.48 Å². The highest BCUT2D eigenvalue weighted by Gasteiger charge is 2.20. The summed E-state index contributed by atoms with van der Waals surface area (Å²) in [4.78, 5) is 11.2. The molecule has 0 saturated heterocycles. The van der Waals surface area contributed by atoms with Crippen LogP contribution in [0.4, 0.5) is 0 Å². The molecule has 0 fully saturated rings. The molecule has 0 spiro atoms. The van der Waals surface area contributed by atoms with Gasteiger partial charge in [0.25, 0.3) is 0 Å². The molecule has 0 aromatic heterocycles. The maximum absolute atomic E-state index is 11.2. The van der Waals surface area contributed by atoms with E-state index in [0.29, 0.717) is 0 Å². The van der Waals surface area contributed by atoms with Gasteiger partial charge in [0.2, 0.25) is 5.91 Å². The first kappa shape index (κ1) is 10.7. The normalized spacial score (nSPS) is 14.5. The fourth-order valence-corrected chi connectivity index (χ4v) is 1.37. The summed E-state index contributed by atoms with van der Waals surface area (Å²) in [7, 11) is 0. The lowest BCUT2D eigenvalue weighted by atomic mass is 9.88. The van der Waals surface area contributed by atoms with Gasteiger partial charge >= 0.3 is 0 Å². The number of amides is 1. The molecule has 3 heteroatoms. The van der Waals surface area contributed by atoms with E-state index in [-0.39, 0.29) is 17.7 Å². The molecule has 2 unspecified atom stereocenters. The molecular weight excluding hydrogens is 178 g/mol. The minimum absolute atomic E-state index is 0.100. The Kier molecular flexibility index (Phi) is 3.65. The monoisotopic (exact) mass is 193 g/mol. The number of hydrogen-bond donors (Lipinski definition) is 2. The van der Waals surface area contributed by atoms with Gasteiger partial charge in [-0.3, -0.25) is 10.0 Å². The maximum atomic E-state index is 11.2. The summed E-state index contributed by atoms with van der Waals surface area (Å²) in [6.45, 7) is 3.76. The molecule has 0 aliphatic heterocycles. The SMILES string of the molecule is CC(C(=O)NO)C(C)c1ccccc1. The van der Waals surface area contributed by atoms with Gasteiger partial charge in [-0.15, -0.1) is 0 Å². The third-order valence-corrected chi connectivity index (χ3v) is 2.60. The lowest BCUT2D eigenvalue weighted by molar-refractivity contribution is -0.133. The fourth-order valence-electron chi connectivity index (χ4n) is 1.37. The van der Waals surface area contributed by atoms with Crippen molar-refractivity contribution in [3.63, 3.8) is 0 Å². The minimum atomic E-state index is -0.346. The first-order chi connectivity index (χ1) is 6.66. The molecule has 0 aliphatic rings. The van der Waals surface area contributed by atoms with Crippen molar-refractivity contribution in [2.24, 2.45) is 5.92 Å². The van der Waals surface area contributed by atoms with Gasteiger partial charge in [0.1, 0.15) is 0 Å². The van der Waals surface area contributed by atoms with Gasteiger partial charge in [-0.2, -0.15) is 0 Å². The molecule has 3 nitrogen and oxygen atoms in total. The van der Waals surface area contributed by atoms with E-state index in [0.717, 1.165) is 5.56 Å².